The van der Waals surface area contributed by atoms with Crippen LogP contribution in [0.5, 0.6) is 0 Å². The van der Waals surface area contributed by atoms with Crippen LogP contribution in [-0.4, -0.2) is 23.4 Å². The molecule has 2 aromatic carbocycles. The maximum Gasteiger partial charge on any atom is 0.259 e. The fourth-order valence-electron chi connectivity index (χ4n) is 2.52. The fraction of sp³-hybridized carbons (Fsp3) is 0.125. The van der Waals surface area contributed by atoms with Crippen molar-refractivity contribution in [2.24, 2.45) is 5.16 Å². The van der Waals surface area contributed by atoms with E-state index in [1.807, 2.05) is 24.3 Å². The summed E-state index contributed by atoms with van der Waals surface area (Å²) in [6.45, 7) is 0.459. The van der Waals surface area contributed by atoms with Gasteiger partial charge in [0, 0.05) is 18.5 Å². The summed E-state index contributed by atoms with van der Waals surface area (Å²) in [6, 6.07) is 14.4. The van der Waals surface area contributed by atoms with Crippen molar-refractivity contribution in [1.82, 2.24) is 0 Å². The lowest BCUT2D eigenvalue weighted by molar-refractivity contribution is 0.0987. The van der Waals surface area contributed by atoms with Gasteiger partial charge >= 0.3 is 0 Å². The average molecular weight is 301 g/mol. The zero-order valence-corrected chi connectivity index (χ0v) is 11.9. The van der Waals surface area contributed by atoms with E-state index in [1.54, 1.807) is 29.2 Å². The number of halogens is 1. The molecule has 1 aliphatic rings. The molecule has 1 amide bonds. The van der Waals surface area contributed by atoms with Gasteiger partial charge in [-0.3, -0.25) is 4.79 Å². The van der Waals surface area contributed by atoms with E-state index in [0.29, 0.717) is 29.3 Å². The second kappa shape index (κ2) is 5.58. The maximum atomic E-state index is 12.7. The van der Waals surface area contributed by atoms with Crippen molar-refractivity contribution in [3.8, 4) is 0 Å². The third-order valence-electron chi connectivity index (χ3n) is 3.55. The quantitative estimate of drug-likeness (QED) is 0.646. The van der Waals surface area contributed by atoms with Gasteiger partial charge in [-0.1, -0.05) is 47.1 Å². The summed E-state index contributed by atoms with van der Waals surface area (Å²) < 4.78 is 0. The predicted molar refractivity (Wildman–Crippen MR) is 82.5 cm³/mol. The number of fused-ring (bicyclic) bond motifs is 1. The molecule has 0 aliphatic carbocycles. The Morgan fingerprint density at radius 3 is 2.62 bits per heavy atom. The van der Waals surface area contributed by atoms with E-state index < -0.39 is 0 Å². The predicted octanol–water partition coefficient (Wildman–Crippen LogP) is 3.57. The minimum absolute atomic E-state index is 0.148. The zero-order chi connectivity index (χ0) is 14.8. The van der Waals surface area contributed by atoms with Gasteiger partial charge in [0.05, 0.1) is 22.0 Å². The number of hydrogen-bond acceptors (Lipinski definition) is 3. The minimum Gasteiger partial charge on any atom is -0.411 e. The van der Waals surface area contributed by atoms with Crippen molar-refractivity contribution in [3.63, 3.8) is 0 Å². The molecule has 0 spiro atoms. The van der Waals surface area contributed by atoms with Crippen LogP contribution in [0.3, 0.4) is 0 Å². The molecule has 1 heterocycles. The number of rotatable bonds is 1. The molecular formula is C16H13ClN2O2. The summed E-state index contributed by atoms with van der Waals surface area (Å²) in [4.78, 5) is 14.4. The van der Waals surface area contributed by atoms with Gasteiger partial charge in [-0.2, -0.15) is 0 Å². The molecule has 0 atom stereocenters. The normalized spacial score (nSPS) is 15.9. The Morgan fingerprint density at radius 1 is 1.14 bits per heavy atom. The van der Waals surface area contributed by atoms with Crippen molar-refractivity contribution < 1.29 is 10.0 Å². The molecule has 0 saturated carbocycles. The first-order chi connectivity index (χ1) is 10.2. The van der Waals surface area contributed by atoms with Crippen LogP contribution in [0.2, 0.25) is 5.02 Å². The van der Waals surface area contributed by atoms with Crippen molar-refractivity contribution >= 4 is 28.9 Å². The summed E-state index contributed by atoms with van der Waals surface area (Å²) in [6.07, 6.45) is 0.504. The molecule has 0 bridgehead atoms. The van der Waals surface area contributed by atoms with Crippen LogP contribution >= 0.6 is 11.6 Å². The van der Waals surface area contributed by atoms with Gasteiger partial charge in [-0.25, -0.2) is 0 Å². The second-order valence-electron chi connectivity index (χ2n) is 4.75. The first-order valence-corrected chi connectivity index (χ1v) is 6.97. The third-order valence-corrected chi connectivity index (χ3v) is 3.88. The van der Waals surface area contributed by atoms with Crippen LogP contribution in [0, 0.1) is 0 Å². The number of oxime groups is 1. The van der Waals surface area contributed by atoms with Crippen molar-refractivity contribution in [1.29, 1.82) is 0 Å². The highest BCUT2D eigenvalue weighted by molar-refractivity contribution is 6.34. The minimum atomic E-state index is -0.148. The highest BCUT2D eigenvalue weighted by Gasteiger charge is 2.27. The van der Waals surface area contributed by atoms with E-state index in [2.05, 4.69) is 5.16 Å². The summed E-state index contributed by atoms with van der Waals surface area (Å²) in [5, 5.41) is 12.8. The van der Waals surface area contributed by atoms with E-state index in [4.69, 9.17) is 16.8 Å². The lowest BCUT2D eigenvalue weighted by atomic mass is 9.99. The van der Waals surface area contributed by atoms with Crippen LogP contribution < -0.4 is 4.90 Å². The maximum absolute atomic E-state index is 12.7. The number of para-hydroxylation sites is 1. The molecule has 2 aromatic rings. The van der Waals surface area contributed by atoms with Crippen LogP contribution in [-0.2, 0) is 0 Å². The molecular weight excluding hydrogens is 288 g/mol. The molecule has 5 heteroatoms. The monoisotopic (exact) mass is 300 g/mol. The molecule has 1 aliphatic heterocycles. The third kappa shape index (κ3) is 2.38. The number of amides is 1. The molecule has 0 saturated heterocycles. The summed E-state index contributed by atoms with van der Waals surface area (Å²) in [7, 11) is 0. The second-order valence-corrected chi connectivity index (χ2v) is 5.16. The van der Waals surface area contributed by atoms with Gasteiger partial charge in [0.2, 0.25) is 0 Å². The SMILES string of the molecule is O=C(c1ccccc1Cl)N1CCC(=NO)c2ccccc21. The highest BCUT2D eigenvalue weighted by Crippen LogP contribution is 2.29. The first kappa shape index (κ1) is 13.6. The van der Waals surface area contributed by atoms with Crippen LogP contribution in [0.15, 0.2) is 53.7 Å². The lowest BCUT2D eigenvalue weighted by Gasteiger charge is -2.30. The highest BCUT2D eigenvalue weighted by atomic mass is 35.5. The van der Waals surface area contributed by atoms with E-state index in [-0.39, 0.29) is 5.91 Å². The molecule has 21 heavy (non-hydrogen) atoms. The molecule has 0 fully saturated rings. The van der Waals surface area contributed by atoms with Crippen LogP contribution in [0.25, 0.3) is 0 Å². The zero-order valence-electron chi connectivity index (χ0n) is 11.2. The number of nitrogens with zero attached hydrogens (tertiary/aromatic N) is 2. The van der Waals surface area contributed by atoms with E-state index >= 15 is 0 Å². The number of hydrogen-bond donors (Lipinski definition) is 1. The Bertz CT molecular complexity index is 728. The molecule has 106 valence electrons. The molecule has 1 N–H and O–H groups in total. The number of benzene rings is 2. The number of carbonyl (C=O) groups excluding carboxylic acids is 1. The molecule has 0 aromatic heterocycles. The summed E-state index contributed by atoms with van der Waals surface area (Å²) in [5.74, 6) is -0.148. The standard InChI is InChI=1S/C16H13ClN2O2/c17-13-7-3-1-5-11(13)16(20)19-10-9-14(18-21)12-6-2-4-8-15(12)19/h1-8,21H,9-10H2. The van der Waals surface area contributed by atoms with Crippen molar-refractivity contribution in [2.45, 2.75) is 6.42 Å². The molecule has 0 unspecified atom stereocenters. The largest absolute Gasteiger partial charge is 0.411 e. The summed E-state index contributed by atoms with van der Waals surface area (Å²) >= 11 is 6.11. The first-order valence-electron chi connectivity index (χ1n) is 6.59. The van der Waals surface area contributed by atoms with Gasteiger partial charge in [0.1, 0.15) is 0 Å². The van der Waals surface area contributed by atoms with Gasteiger partial charge in [0.25, 0.3) is 5.91 Å². The molecule has 0 radical (unpaired) electrons. The molecule has 4 nitrogen and oxygen atoms in total. The van der Waals surface area contributed by atoms with Crippen molar-refractivity contribution in [3.05, 3.63) is 64.7 Å². The smallest absolute Gasteiger partial charge is 0.259 e. The van der Waals surface area contributed by atoms with Gasteiger partial charge in [-0.15, -0.1) is 0 Å². The van der Waals surface area contributed by atoms with Crippen molar-refractivity contribution in [2.75, 3.05) is 11.4 Å². The average Bonchev–Trinajstić information content (AvgIpc) is 2.53. The van der Waals surface area contributed by atoms with Crippen LogP contribution in [0.1, 0.15) is 22.3 Å². The van der Waals surface area contributed by atoms with E-state index in [0.717, 1.165) is 11.3 Å². The van der Waals surface area contributed by atoms with Gasteiger partial charge in [0.15, 0.2) is 0 Å². The Kier molecular flexibility index (Phi) is 3.62. The topological polar surface area (TPSA) is 52.9 Å². The fourth-order valence-corrected chi connectivity index (χ4v) is 2.74. The number of anilines is 1. The molecule has 3 rings (SSSR count). The summed E-state index contributed by atoms with van der Waals surface area (Å²) in [5.41, 5.74) is 2.57. The van der Waals surface area contributed by atoms with Crippen LogP contribution in [0.4, 0.5) is 5.69 Å². The number of carbonyl (C=O) groups is 1. The Labute approximate surface area is 127 Å². The Hall–Kier alpha value is -2.33. The van der Waals surface area contributed by atoms with E-state index in [9.17, 15) is 4.79 Å². The van der Waals surface area contributed by atoms with E-state index in [1.165, 1.54) is 0 Å². The van der Waals surface area contributed by atoms with Gasteiger partial charge < -0.3 is 10.1 Å². The Balaban J connectivity index is 2.05. The van der Waals surface area contributed by atoms with Gasteiger partial charge in [-0.05, 0) is 18.2 Å². The Morgan fingerprint density at radius 2 is 1.86 bits per heavy atom. The lowest BCUT2D eigenvalue weighted by Crippen LogP contribution is -2.37.